The summed E-state index contributed by atoms with van der Waals surface area (Å²) in [5, 5.41) is 0. The molecule has 5 rings (SSSR count). The van der Waals surface area contributed by atoms with Crippen LogP contribution < -0.4 is 0 Å². The molecule has 2 saturated heterocycles. The Morgan fingerprint density at radius 3 is 2.64 bits per heavy atom. The maximum Gasteiger partial charge on any atom is 0.242 e. The fourth-order valence-electron chi connectivity index (χ4n) is 5.28. The number of piperazine rings is 1. The highest BCUT2D eigenvalue weighted by Gasteiger charge is 2.67. The van der Waals surface area contributed by atoms with Gasteiger partial charge in [0.15, 0.2) is 0 Å². The van der Waals surface area contributed by atoms with Gasteiger partial charge in [-0.1, -0.05) is 30.3 Å². The van der Waals surface area contributed by atoms with Gasteiger partial charge >= 0.3 is 0 Å². The smallest absolute Gasteiger partial charge is 0.242 e. The number of hydrogen-bond acceptors (Lipinski definition) is 3. The SMILES string of the molecule is CCN1CCN(C(=O)C23CC2CN(C(=O)C2CC2c2ccccc2)C3)CC1=O. The van der Waals surface area contributed by atoms with Crippen LogP contribution in [-0.2, 0) is 14.4 Å². The van der Waals surface area contributed by atoms with Crippen molar-refractivity contribution in [2.75, 3.05) is 39.3 Å². The number of amides is 3. The molecule has 1 aromatic carbocycles. The van der Waals surface area contributed by atoms with E-state index in [0.29, 0.717) is 38.6 Å². The van der Waals surface area contributed by atoms with Crippen LogP contribution in [0.2, 0.25) is 0 Å². The molecule has 4 aliphatic rings. The second-order valence-electron chi connectivity index (χ2n) is 8.84. The minimum atomic E-state index is -0.415. The summed E-state index contributed by atoms with van der Waals surface area (Å²) in [6, 6.07) is 10.2. The van der Waals surface area contributed by atoms with Crippen LogP contribution >= 0.6 is 0 Å². The first kappa shape index (κ1) is 17.7. The van der Waals surface area contributed by atoms with Crippen LogP contribution in [0.4, 0.5) is 0 Å². The Morgan fingerprint density at radius 2 is 1.93 bits per heavy atom. The molecule has 4 atom stereocenters. The zero-order valence-electron chi connectivity index (χ0n) is 16.3. The van der Waals surface area contributed by atoms with Crippen LogP contribution in [0, 0.1) is 17.3 Å². The predicted molar refractivity (Wildman–Crippen MR) is 103 cm³/mol. The number of carbonyl (C=O) groups is 3. The van der Waals surface area contributed by atoms with Gasteiger partial charge in [-0.05, 0) is 37.2 Å². The van der Waals surface area contributed by atoms with Crippen LogP contribution in [0.5, 0.6) is 0 Å². The second kappa shape index (κ2) is 6.33. The Morgan fingerprint density at radius 1 is 1.14 bits per heavy atom. The number of piperidine rings is 1. The molecule has 2 heterocycles. The molecule has 3 amide bonds. The predicted octanol–water partition coefficient (Wildman–Crippen LogP) is 1.33. The molecule has 148 valence electrons. The number of hydrogen-bond donors (Lipinski definition) is 0. The van der Waals surface area contributed by atoms with E-state index in [9.17, 15) is 14.4 Å². The van der Waals surface area contributed by atoms with Gasteiger partial charge in [0, 0.05) is 38.6 Å². The second-order valence-corrected chi connectivity index (χ2v) is 8.84. The topological polar surface area (TPSA) is 60.9 Å². The normalized spacial score (nSPS) is 33.7. The number of likely N-dealkylation sites (tertiary alicyclic amines) is 1. The van der Waals surface area contributed by atoms with E-state index >= 15 is 0 Å². The Balaban J connectivity index is 1.21. The summed E-state index contributed by atoms with van der Waals surface area (Å²) in [5.41, 5.74) is 0.824. The highest BCUT2D eigenvalue weighted by atomic mass is 16.2. The Labute approximate surface area is 165 Å². The lowest BCUT2D eigenvalue weighted by Crippen LogP contribution is -2.54. The lowest BCUT2D eigenvalue weighted by atomic mass is 10.0. The van der Waals surface area contributed by atoms with Crippen LogP contribution in [0.15, 0.2) is 30.3 Å². The third kappa shape index (κ3) is 2.73. The van der Waals surface area contributed by atoms with Crippen molar-refractivity contribution >= 4 is 17.7 Å². The quantitative estimate of drug-likeness (QED) is 0.791. The van der Waals surface area contributed by atoms with Crippen molar-refractivity contribution in [3.05, 3.63) is 35.9 Å². The monoisotopic (exact) mass is 381 g/mol. The summed E-state index contributed by atoms with van der Waals surface area (Å²) in [6.07, 6.45) is 1.78. The van der Waals surface area contributed by atoms with E-state index in [1.54, 1.807) is 9.80 Å². The van der Waals surface area contributed by atoms with E-state index in [2.05, 4.69) is 12.1 Å². The highest BCUT2D eigenvalue weighted by molar-refractivity contribution is 5.93. The Kier molecular flexibility index (Phi) is 4.00. The molecule has 2 aliphatic heterocycles. The van der Waals surface area contributed by atoms with Crippen LogP contribution in [0.1, 0.15) is 31.2 Å². The molecule has 28 heavy (non-hydrogen) atoms. The van der Waals surface area contributed by atoms with Crippen molar-refractivity contribution in [3.8, 4) is 0 Å². The molecule has 2 aliphatic carbocycles. The highest BCUT2D eigenvalue weighted by Crippen LogP contribution is 2.60. The molecular weight excluding hydrogens is 354 g/mol. The first-order chi connectivity index (χ1) is 13.5. The van der Waals surface area contributed by atoms with E-state index in [-0.39, 0.29) is 36.1 Å². The van der Waals surface area contributed by atoms with Gasteiger partial charge in [0.1, 0.15) is 0 Å². The number of benzene rings is 1. The van der Waals surface area contributed by atoms with Crippen LogP contribution in [-0.4, -0.2) is 71.7 Å². The summed E-state index contributed by atoms with van der Waals surface area (Å²) in [6.45, 7) is 5.31. The molecule has 1 aromatic rings. The molecule has 6 heteroatoms. The van der Waals surface area contributed by atoms with Crippen molar-refractivity contribution in [2.45, 2.75) is 25.7 Å². The third-order valence-corrected chi connectivity index (χ3v) is 7.21. The van der Waals surface area contributed by atoms with E-state index in [0.717, 1.165) is 12.8 Å². The summed E-state index contributed by atoms with van der Waals surface area (Å²) >= 11 is 0. The molecule has 0 aromatic heterocycles. The lowest BCUT2D eigenvalue weighted by Gasteiger charge is -2.35. The zero-order valence-corrected chi connectivity index (χ0v) is 16.3. The molecule has 6 nitrogen and oxygen atoms in total. The molecule has 4 unspecified atom stereocenters. The van der Waals surface area contributed by atoms with E-state index in [1.807, 2.05) is 30.0 Å². The zero-order chi connectivity index (χ0) is 19.5. The number of fused-ring (bicyclic) bond motifs is 1. The van der Waals surface area contributed by atoms with Crippen molar-refractivity contribution in [1.29, 1.82) is 0 Å². The summed E-state index contributed by atoms with van der Waals surface area (Å²) < 4.78 is 0. The van der Waals surface area contributed by atoms with E-state index in [1.165, 1.54) is 5.56 Å². The maximum absolute atomic E-state index is 13.2. The van der Waals surface area contributed by atoms with Gasteiger partial charge in [-0.15, -0.1) is 0 Å². The average Bonchev–Trinajstić information content (AvgIpc) is 3.63. The van der Waals surface area contributed by atoms with Crippen molar-refractivity contribution in [2.24, 2.45) is 17.3 Å². The number of likely N-dealkylation sites (N-methyl/N-ethyl adjacent to an activating group) is 1. The van der Waals surface area contributed by atoms with Crippen molar-refractivity contribution in [1.82, 2.24) is 14.7 Å². The van der Waals surface area contributed by atoms with Gasteiger partial charge in [0.05, 0.1) is 12.0 Å². The molecule has 2 saturated carbocycles. The number of carbonyl (C=O) groups excluding carboxylic acids is 3. The molecule has 0 radical (unpaired) electrons. The largest absolute Gasteiger partial charge is 0.341 e. The summed E-state index contributed by atoms with van der Waals surface area (Å²) in [5.74, 6) is 1.01. The maximum atomic E-state index is 13.2. The summed E-state index contributed by atoms with van der Waals surface area (Å²) in [4.78, 5) is 43.8. The minimum Gasteiger partial charge on any atom is -0.341 e. The molecule has 0 bridgehead atoms. The molecule has 0 spiro atoms. The first-order valence-corrected chi connectivity index (χ1v) is 10.4. The Hall–Kier alpha value is -2.37. The van der Waals surface area contributed by atoms with Gasteiger partial charge < -0.3 is 14.7 Å². The lowest BCUT2D eigenvalue weighted by molar-refractivity contribution is -0.148. The van der Waals surface area contributed by atoms with Crippen LogP contribution in [0.25, 0.3) is 0 Å². The number of nitrogens with zero attached hydrogens (tertiary/aromatic N) is 3. The molecule has 4 fully saturated rings. The third-order valence-electron chi connectivity index (χ3n) is 7.21. The van der Waals surface area contributed by atoms with Crippen molar-refractivity contribution in [3.63, 3.8) is 0 Å². The van der Waals surface area contributed by atoms with Gasteiger partial charge in [-0.25, -0.2) is 0 Å². The average molecular weight is 381 g/mol. The van der Waals surface area contributed by atoms with E-state index in [4.69, 9.17) is 0 Å². The molecular formula is C22H27N3O3. The van der Waals surface area contributed by atoms with Gasteiger partial charge in [0.25, 0.3) is 0 Å². The number of rotatable bonds is 4. The van der Waals surface area contributed by atoms with Gasteiger partial charge in [0.2, 0.25) is 17.7 Å². The minimum absolute atomic E-state index is 0.0327. The Bertz CT molecular complexity index is 826. The van der Waals surface area contributed by atoms with E-state index < -0.39 is 5.41 Å². The fraction of sp³-hybridized carbons (Fsp3) is 0.591. The van der Waals surface area contributed by atoms with Gasteiger partial charge in [-0.3, -0.25) is 14.4 Å². The first-order valence-electron chi connectivity index (χ1n) is 10.4. The fourth-order valence-corrected chi connectivity index (χ4v) is 5.28. The van der Waals surface area contributed by atoms with Gasteiger partial charge in [-0.2, -0.15) is 0 Å². The standard InChI is InChI=1S/C22H27N3O3/c1-2-23-8-9-24(13-19(23)26)21(28)22-11-16(22)12-25(14-22)20(27)18-10-17(18)15-6-4-3-5-7-15/h3-7,16-18H,2,8-14H2,1H3. The van der Waals surface area contributed by atoms with Crippen LogP contribution in [0.3, 0.4) is 0 Å². The van der Waals surface area contributed by atoms with Crippen molar-refractivity contribution < 1.29 is 14.4 Å². The molecule has 0 N–H and O–H groups in total. The summed E-state index contributed by atoms with van der Waals surface area (Å²) in [7, 11) is 0.